The predicted octanol–water partition coefficient (Wildman–Crippen LogP) is 3.85. The molecule has 1 rings (SSSR count). The van der Waals surface area contributed by atoms with Crippen molar-refractivity contribution in [3.63, 3.8) is 0 Å². The van der Waals surface area contributed by atoms with Crippen molar-refractivity contribution >= 4 is 43.5 Å². The number of hydrogen-bond donors (Lipinski definition) is 0. The molecule has 0 aliphatic rings. The van der Waals surface area contributed by atoms with Gasteiger partial charge in [0.1, 0.15) is 0 Å². The Morgan fingerprint density at radius 2 is 2.17 bits per heavy atom. The molecule has 0 fully saturated rings. The van der Waals surface area contributed by atoms with Gasteiger partial charge in [-0.1, -0.05) is 39.4 Å². The van der Waals surface area contributed by atoms with Gasteiger partial charge in [-0.2, -0.15) is 0 Å². The van der Waals surface area contributed by atoms with Crippen LogP contribution in [0.15, 0.2) is 22.7 Å². The van der Waals surface area contributed by atoms with Crippen molar-refractivity contribution in [2.24, 2.45) is 0 Å². The summed E-state index contributed by atoms with van der Waals surface area (Å²) in [6, 6.07) is 5.55. The molecule has 0 spiro atoms. The van der Waals surface area contributed by atoms with E-state index in [4.69, 9.17) is 11.6 Å². The number of hydrogen-bond acceptors (Lipinski definition) is 0. The standard InChI is InChI=1S/C9H5Br2Cl/c10-5-1-2-7-3-4-8(12)6-9(7)11/h3-4,6H,5H2. The van der Waals surface area contributed by atoms with Crippen LogP contribution in [0.25, 0.3) is 0 Å². The summed E-state index contributed by atoms with van der Waals surface area (Å²) < 4.78 is 0.934. The SMILES string of the molecule is Clc1ccc(C#CCBr)c(Br)c1. The third-order valence-corrected chi connectivity index (χ3v) is 2.39. The highest BCUT2D eigenvalue weighted by atomic mass is 79.9. The molecule has 0 N–H and O–H groups in total. The molecule has 0 radical (unpaired) electrons. The Morgan fingerprint density at radius 1 is 1.42 bits per heavy atom. The van der Waals surface area contributed by atoms with Gasteiger partial charge in [-0.3, -0.25) is 0 Å². The second-order valence-corrected chi connectivity index (χ2v) is 3.91. The van der Waals surface area contributed by atoms with Crippen molar-refractivity contribution in [3.05, 3.63) is 33.3 Å². The Balaban J connectivity index is 3.01. The number of halogens is 3. The van der Waals surface area contributed by atoms with Crippen molar-refractivity contribution in [1.29, 1.82) is 0 Å². The summed E-state index contributed by atoms with van der Waals surface area (Å²) in [5, 5.41) is 1.40. The maximum atomic E-state index is 5.76. The normalized spacial score (nSPS) is 8.92. The van der Waals surface area contributed by atoms with Gasteiger partial charge in [0.15, 0.2) is 0 Å². The van der Waals surface area contributed by atoms with Gasteiger partial charge in [0.05, 0.1) is 5.33 Å². The zero-order valence-corrected chi connectivity index (χ0v) is 10.0. The highest BCUT2D eigenvalue weighted by molar-refractivity contribution is 9.10. The van der Waals surface area contributed by atoms with Crippen LogP contribution in [-0.4, -0.2) is 5.33 Å². The molecule has 0 amide bonds. The van der Waals surface area contributed by atoms with Gasteiger partial charge in [-0.05, 0) is 34.1 Å². The van der Waals surface area contributed by atoms with E-state index in [2.05, 4.69) is 43.7 Å². The molecule has 0 bridgehead atoms. The fourth-order valence-electron chi connectivity index (χ4n) is 0.719. The molecule has 0 aliphatic carbocycles. The molecular weight excluding hydrogens is 303 g/mol. The fourth-order valence-corrected chi connectivity index (χ4v) is 1.64. The Hall–Kier alpha value is 0.0300. The van der Waals surface area contributed by atoms with Crippen molar-refractivity contribution in [3.8, 4) is 11.8 Å². The molecule has 0 heterocycles. The molecule has 12 heavy (non-hydrogen) atoms. The van der Waals surface area contributed by atoms with Crippen LogP contribution in [0, 0.1) is 11.8 Å². The van der Waals surface area contributed by atoms with Crippen LogP contribution in [-0.2, 0) is 0 Å². The highest BCUT2D eigenvalue weighted by Crippen LogP contribution is 2.20. The van der Waals surface area contributed by atoms with E-state index < -0.39 is 0 Å². The smallest absolute Gasteiger partial charge is 0.0649 e. The molecule has 0 unspecified atom stereocenters. The van der Waals surface area contributed by atoms with Crippen LogP contribution in [0.4, 0.5) is 0 Å². The lowest BCUT2D eigenvalue weighted by atomic mass is 10.2. The molecule has 3 heteroatoms. The van der Waals surface area contributed by atoms with Gasteiger partial charge >= 0.3 is 0 Å². The summed E-state index contributed by atoms with van der Waals surface area (Å²) in [7, 11) is 0. The van der Waals surface area contributed by atoms with Gasteiger partial charge in [0.25, 0.3) is 0 Å². The molecule has 0 nitrogen and oxygen atoms in total. The molecular formula is C9H5Br2Cl. The summed E-state index contributed by atoms with van der Waals surface area (Å²) in [5.41, 5.74) is 0.957. The van der Waals surface area contributed by atoms with Crippen LogP contribution >= 0.6 is 43.5 Å². The number of rotatable bonds is 0. The molecule has 1 aromatic rings. The van der Waals surface area contributed by atoms with Gasteiger partial charge < -0.3 is 0 Å². The second-order valence-electron chi connectivity index (χ2n) is 2.06. The van der Waals surface area contributed by atoms with Crippen molar-refractivity contribution in [1.82, 2.24) is 0 Å². The van der Waals surface area contributed by atoms with E-state index in [1.165, 1.54) is 0 Å². The Morgan fingerprint density at radius 3 is 2.75 bits per heavy atom. The predicted molar refractivity (Wildman–Crippen MR) is 59.8 cm³/mol. The van der Waals surface area contributed by atoms with E-state index in [0.717, 1.165) is 10.0 Å². The molecule has 0 saturated carbocycles. The van der Waals surface area contributed by atoms with E-state index in [-0.39, 0.29) is 0 Å². The first-order chi connectivity index (χ1) is 5.74. The Kier molecular flexibility index (Phi) is 4.14. The molecule has 0 saturated heterocycles. The van der Waals surface area contributed by atoms with Crippen LogP contribution in [0.5, 0.6) is 0 Å². The topological polar surface area (TPSA) is 0 Å². The monoisotopic (exact) mass is 306 g/mol. The summed E-state index contributed by atoms with van der Waals surface area (Å²) in [6.07, 6.45) is 0. The van der Waals surface area contributed by atoms with Gasteiger partial charge in [0, 0.05) is 15.1 Å². The third-order valence-electron chi connectivity index (χ3n) is 1.22. The molecule has 1 aromatic carbocycles. The largest absolute Gasteiger partial charge is 0.0863 e. The van der Waals surface area contributed by atoms with E-state index in [0.29, 0.717) is 10.4 Å². The fraction of sp³-hybridized carbons (Fsp3) is 0.111. The third kappa shape index (κ3) is 2.82. The summed E-state index contributed by atoms with van der Waals surface area (Å²) in [4.78, 5) is 0. The van der Waals surface area contributed by atoms with Gasteiger partial charge in [-0.15, -0.1) is 0 Å². The first-order valence-corrected chi connectivity index (χ1v) is 5.53. The minimum Gasteiger partial charge on any atom is -0.0863 e. The van der Waals surface area contributed by atoms with Crippen molar-refractivity contribution in [2.75, 3.05) is 5.33 Å². The highest BCUT2D eigenvalue weighted by Gasteiger charge is 1.95. The zero-order chi connectivity index (χ0) is 8.97. The molecule has 62 valence electrons. The van der Waals surface area contributed by atoms with Crippen LogP contribution in [0.3, 0.4) is 0 Å². The zero-order valence-electron chi connectivity index (χ0n) is 6.07. The summed E-state index contributed by atoms with van der Waals surface area (Å²) in [6.45, 7) is 0. The van der Waals surface area contributed by atoms with Crippen molar-refractivity contribution < 1.29 is 0 Å². The van der Waals surface area contributed by atoms with Crippen LogP contribution < -0.4 is 0 Å². The van der Waals surface area contributed by atoms with E-state index in [1.807, 2.05) is 18.2 Å². The maximum Gasteiger partial charge on any atom is 0.0649 e. The lowest BCUT2D eigenvalue weighted by Crippen LogP contribution is -1.76. The first-order valence-electron chi connectivity index (χ1n) is 3.24. The average molecular weight is 308 g/mol. The van der Waals surface area contributed by atoms with Gasteiger partial charge in [0.2, 0.25) is 0 Å². The minimum atomic E-state index is 0.683. The quantitative estimate of drug-likeness (QED) is 0.504. The second kappa shape index (κ2) is 4.91. The van der Waals surface area contributed by atoms with E-state index >= 15 is 0 Å². The molecule has 0 aliphatic heterocycles. The Labute approximate surface area is 93.6 Å². The molecule has 0 atom stereocenters. The number of benzene rings is 1. The lowest BCUT2D eigenvalue weighted by Gasteiger charge is -1.95. The lowest BCUT2D eigenvalue weighted by molar-refractivity contribution is 1.59. The first kappa shape index (κ1) is 10.1. The molecule has 0 aromatic heterocycles. The average Bonchev–Trinajstić information content (AvgIpc) is 2.03. The van der Waals surface area contributed by atoms with E-state index in [1.54, 1.807) is 0 Å². The van der Waals surface area contributed by atoms with Crippen LogP contribution in [0.1, 0.15) is 5.56 Å². The summed E-state index contributed by atoms with van der Waals surface area (Å²) in [5.74, 6) is 5.91. The van der Waals surface area contributed by atoms with Gasteiger partial charge in [-0.25, -0.2) is 0 Å². The maximum absolute atomic E-state index is 5.76. The Bertz CT molecular complexity index is 336. The summed E-state index contributed by atoms with van der Waals surface area (Å²) >= 11 is 12.4. The van der Waals surface area contributed by atoms with Crippen LogP contribution in [0.2, 0.25) is 5.02 Å². The van der Waals surface area contributed by atoms with Crippen molar-refractivity contribution in [2.45, 2.75) is 0 Å². The minimum absolute atomic E-state index is 0.683. The van der Waals surface area contributed by atoms with E-state index in [9.17, 15) is 0 Å². The number of alkyl halides is 1.